The molecule has 1 N–H and O–H groups in total. The zero-order chi connectivity index (χ0) is 16.0. The van der Waals surface area contributed by atoms with Gasteiger partial charge in [-0.25, -0.2) is 4.99 Å². The van der Waals surface area contributed by atoms with Gasteiger partial charge in [0.1, 0.15) is 4.88 Å². The summed E-state index contributed by atoms with van der Waals surface area (Å²) in [5.74, 6) is -0.413. The summed E-state index contributed by atoms with van der Waals surface area (Å²) in [6, 6.07) is 3.63. The van der Waals surface area contributed by atoms with E-state index in [0.717, 1.165) is 4.47 Å². The van der Waals surface area contributed by atoms with E-state index in [4.69, 9.17) is 12.2 Å². The van der Waals surface area contributed by atoms with Crippen LogP contribution in [0.15, 0.2) is 38.7 Å². The molecule has 0 saturated heterocycles. The van der Waals surface area contributed by atoms with Crippen LogP contribution in [0.1, 0.15) is 4.88 Å². The van der Waals surface area contributed by atoms with E-state index in [1.165, 1.54) is 15.9 Å². The average molecular weight is 460 g/mol. The largest absolute Gasteiger partial charge is 0.493 e. The number of hydrogen-bond acceptors (Lipinski definition) is 4. The van der Waals surface area contributed by atoms with E-state index >= 15 is 0 Å². The van der Waals surface area contributed by atoms with Crippen molar-refractivity contribution in [3.05, 3.63) is 53.1 Å². The van der Waals surface area contributed by atoms with Crippen molar-refractivity contribution in [2.45, 2.75) is 6.54 Å². The molecule has 0 unspecified atom stereocenters. The number of aromatic nitrogens is 1. The maximum atomic E-state index is 12.3. The van der Waals surface area contributed by atoms with Crippen LogP contribution in [0.2, 0.25) is 0 Å². The molecule has 1 aliphatic rings. The Bertz CT molecular complexity index is 1010. The van der Waals surface area contributed by atoms with Gasteiger partial charge in [0, 0.05) is 20.7 Å². The van der Waals surface area contributed by atoms with E-state index in [0.29, 0.717) is 36.0 Å². The lowest BCUT2D eigenvalue weighted by Gasteiger charge is -2.01. The second kappa shape index (κ2) is 5.84. The highest BCUT2D eigenvalue weighted by molar-refractivity contribution is 9.11. The topological polar surface area (TPSA) is 54.6 Å². The number of fused-ring (bicyclic) bond motifs is 1. The smallest absolute Gasteiger partial charge is 0.279 e. The van der Waals surface area contributed by atoms with Gasteiger partial charge in [-0.15, -0.1) is 17.9 Å². The second-order valence-electron chi connectivity index (χ2n) is 4.50. The lowest BCUT2D eigenvalue weighted by atomic mass is 10.1. The summed E-state index contributed by atoms with van der Waals surface area (Å²) in [4.78, 5) is 16.8. The first-order chi connectivity index (χ1) is 10.4. The van der Waals surface area contributed by atoms with Gasteiger partial charge in [0.25, 0.3) is 5.91 Å². The van der Waals surface area contributed by atoms with Crippen molar-refractivity contribution in [3.63, 3.8) is 0 Å². The Kier molecular flexibility index (Phi) is 4.19. The third kappa shape index (κ3) is 2.44. The molecule has 8 heteroatoms. The third-order valence-corrected chi connectivity index (χ3v) is 5.65. The average Bonchev–Trinajstić information content (AvgIpc) is 2.90. The van der Waals surface area contributed by atoms with Gasteiger partial charge in [0.05, 0.1) is 10.9 Å². The van der Waals surface area contributed by atoms with Crippen molar-refractivity contribution in [2.75, 3.05) is 0 Å². The van der Waals surface area contributed by atoms with Crippen LogP contribution in [0, 0.1) is 3.95 Å². The van der Waals surface area contributed by atoms with Crippen molar-refractivity contribution in [1.29, 1.82) is 0 Å². The lowest BCUT2D eigenvalue weighted by Crippen LogP contribution is -2.24. The highest BCUT2D eigenvalue weighted by Crippen LogP contribution is 2.32. The third-order valence-electron chi connectivity index (χ3n) is 3.13. The highest BCUT2D eigenvalue weighted by atomic mass is 79.9. The minimum Gasteiger partial charge on any atom is -0.493 e. The fourth-order valence-corrected chi connectivity index (χ4v) is 4.88. The highest BCUT2D eigenvalue weighted by Gasteiger charge is 2.26. The number of thiazole rings is 1. The van der Waals surface area contributed by atoms with E-state index in [-0.39, 0.29) is 11.8 Å². The maximum Gasteiger partial charge on any atom is 0.279 e. The van der Waals surface area contributed by atoms with Gasteiger partial charge in [-0.1, -0.05) is 22.0 Å². The van der Waals surface area contributed by atoms with Gasteiger partial charge in [-0.05, 0) is 40.3 Å². The summed E-state index contributed by atoms with van der Waals surface area (Å²) in [6.45, 7) is 4.02. The molecule has 1 aromatic carbocycles. The molecule has 1 aromatic heterocycles. The zero-order valence-electron chi connectivity index (χ0n) is 11.0. The Morgan fingerprint density at radius 3 is 2.86 bits per heavy atom. The summed E-state index contributed by atoms with van der Waals surface area (Å²) in [6.07, 6.45) is 1.64. The molecule has 0 atom stereocenters. The van der Waals surface area contributed by atoms with Crippen LogP contribution >= 0.6 is 55.4 Å². The standard InChI is InChI=1S/C14H8Br2N2O2S2/c1-2-3-18-13(20)11(22-14(18)21)9-7-4-6(15)5-8(16)10(7)17-12(9)19/h2,4-5,20H,1,3H2. The molecule has 1 aliphatic heterocycles. The predicted molar refractivity (Wildman–Crippen MR) is 95.1 cm³/mol. The maximum absolute atomic E-state index is 12.3. The number of amides is 1. The normalized spacial score (nSPS) is 13.2. The van der Waals surface area contributed by atoms with Crippen molar-refractivity contribution in [1.82, 2.24) is 4.57 Å². The molecule has 0 fully saturated rings. The Labute approximate surface area is 151 Å². The monoisotopic (exact) mass is 458 g/mol. The Balaban J connectivity index is 2.39. The molecule has 0 spiro atoms. The molecule has 2 heterocycles. The summed E-state index contributed by atoms with van der Waals surface area (Å²) in [7, 11) is 0. The fraction of sp³-hybridized carbons (Fsp3) is 0.0714. The van der Waals surface area contributed by atoms with Crippen LogP contribution in [-0.2, 0) is 11.3 Å². The quantitative estimate of drug-likeness (QED) is 0.566. The number of halogens is 2. The van der Waals surface area contributed by atoms with Crippen LogP contribution in [0.25, 0.3) is 5.57 Å². The number of hydrogen-bond donors (Lipinski definition) is 1. The molecule has 0 radical (unpaired) electrons. The first-order valence-corrected chi connectivity index (χ1v) is 8.91. The first kappa shape index (κ1) is 15.8. The number of carbonyl (C=O) groups excluding carboxylic acids is 1. The minimum absolute atomic E-state index is 0.0302. The predicted octanol–water partition coefficient (Wildman–Crippen LogP) is 3.05. The minimum atomic E-state index is -0.383. The van der Waals surface area contributed by atoms with Gasteiger partial charge in [-0.3, -0.25) is 9.36 Å². The number of benzene rings is 1. The van der Waals surface area contributed by atoms with Crippen LogP contribution in [0.4, 0.5) is 0 Å². The summed E-state index contributed by atoms with van der Waals surface area (Å²) in [5.41, 5.74) is 0.369. The van der Waals surface area contributed by atoms with Gasteiger partial charge in [0.15, 0.2) is 3.95 Å². The summed E-state index contributed by atoms with van der Waals surface area (Å²) in [5, 5.41) is 11.6. The van der Waals surface area contributed by atoms with E-state index in [1.54, 1.807) is 6.08 Å². The molecule has 4 nitrogen and oxygen atoms in total. The van der Waals surface area contributed by atoms with Crippen LogP contribution < -0.4 is 10.6 Å². The molecular formula is C14H8Br2N2O2S2. The second-order valence-corrected chi connectivity index (χ2v) is 7.91. The van der Waals surface area contributed by atoms with Gasteiger partial charge >= 0.3 is 0 Å². The van der Waals surface area contributed by atoms with Crippen LogP contribution in [-0.4, -0.2) is 15.6 Å². The number of allylic oxidation sites excluding steroid dienone is 1. The Morgan fingerprint density at radius 1 is 1.45 bits per heavy atom. The molecule has 2 aromatic rings. The Hall–Kier alpha value is -1.09. The Morgan fingerprint density at radius 2 is 2.18 bits per heavy atom. The van der Waals surface area contributed by atoms with E-state index < -0.39 is 0 Å². The lowest BCUT2D eigenvalue weighted by molar-refractivity contribution is -0.112. The SMILES string of the molecule is C=CCn1c(O)c(C2=c3cc(Br)cc(Br)c3=NC2=O)sc1=S. The molecule has 0 bridgehead atoms. The molecule has 0 aliphatic carbocycles. The first-order valence-electron chi connectivity index (χ1n) is 6.10. The van der Waals surface area contributed by atoms with Crippen LogP contribution in [0.3, 0.4) is 0 Å². The van der Waals surface area contributed by atoms with Gasteiger partial charge in [-0.2, -0.15) is 0 Å². The van der Waals surface area contributed by atoms with Gasteiger partial charge in [0.2, 0.25) is 5.88 Å². The fourth-order valence-electron chi connectivity index (χ4n) is 2.21. The molecule has 0 saturated carbocycles. The van der Waals surface area contributed by atoms with Crippen molar-refractivity contribution >= 4 is 66.9 Å². The summed E-state index contributed by atoms with van der Waals surface area (Å²) < 4.78 is 3.55. The van der Waals surface area contributed by atoms with E-state index in [2.05, 4.69) is 43.4 Å². The van der Waals surface area contributed by atoms with Crippen LogP contribution in [0.5, 0.6) is 5.88 Å². The number of nitrogens with zero attached hydrogens (tertiary/aromatic N) is 2. The number of aromatic hydroxyl groups is 1. The van der Waals surface area contributed by atoms with E-state index in [9.17, 15) is 9.90 Å². The molecule has 3 rings (SSSR count). The summed E-state index contributed by atoms with van der Waals surface area (Å²) >= 11 is 13.2. The van der Waals surface area contributed by atoms with Crippen molar-refractivity contribution < 1.29 is 9.90 Å². The van der Waals surface area contributed by atoms with E-state index in [1.807, 2.05) is 12.1 Å². The van der Waals surface area contributed by atoms with Gasteiger partial charge < -0.3 is 5.11 Å². The number of carbonyl (C=O) groups is 1. The molecule has 112 valence electrons. The molecular weight excluding hydrogens is 452 g/mol. The number of rotatable bonds is 3. The molecule has 22 heavy (non-hydrogen) atoms. The van der Waals surface area contributed by atoms with Crippen molar-refractivity contribution in [3.8, 4) is 5.88 Å². The molecule has 1 amide bonds. The van der Waals surface area contributed by atoms with Crippen molar-refractivity contribution in [2.24, 2.45) is 4.99 Å². The zero-order valence-corrected chi connectivity index (χ0v) is 15.8.